The maximum Gasteiger partial charge on any atom is 0.186 e. The smallest absolute Gasteiger partial charge is 0.186 e. The molecule has 1 aromatic carbocycles. The molecule has 5 rings (SSSR count). The fraction of sp³-hybridized carbons (Fsp3) is 0.0909. The Kier molecular flexibility index (Phi) is 4.55. The molecule has 0 spiro atoms. The van der Waals surface area contributed by atoms with Gasteiger partial charge in [-0.2, -0.15) is 15.3 Å². The van der Waals surface area contributed by atoms with E-state index < -0.39 is 5.82 Å². The van der Waals surface area contributed by atoms with Gasteiger partial charge in [0.25, 0.3) is 0 Å². The largest absolute Gasteiger partial charge is 0.292 e. The second-order valence-corrected chi connectivity index (χ2v) is 6.99. The lowest BCUT2D eigenvalue weighted by molar-refractivity contribution is 0.0983. The van der Waals surface area contributed by atoms with Crippen LogP contribution in [0.4, 0.5) is 4.39 Å². The lowest BCUT2D eigenvalue weighted by Crippen LogP contribution is -2.12. The fourth-order valence-electron chi connectivity index (χ4n) is 3.45. The van der Waals surface area contributed by atoms with Crippen LogP contribution in [0.2, 0.25) is 0 Å². The van der Waals surface area contributed by atoms with Crippen LogP contribution >= 0.6 is 0 Å². The van der Waals surface area contributed by atoms with Crippen molar-refractivity contribution in [2.24, 2.45) is 7.05 Å². The van der Waals surface area contributed by atoms with Crippen LogP contribution < -0.4 is 0 Å². The first kappa shape index (κ1) is 18.7. The maximum absolute atomic E-state index is 14.8. The number of ketones is 1. The Balaban J connectivity index is 1.49. The summed E-state index contributed by atoms with van der Waals surface area (Å²) in [5.74, 6) is -0.333. The van der Waals surface area contributed by atoms with Crippen LogP contribution in [0.1, 0.15) is 16.1 Å². The van der Waals surface area contributed by atoms with Gasteiger partial charge in [-0.25, -0.2) is 13.9 Å². The van der Waals surface area contributed by atoms with Crippen molar-refractivity contribution in [1.82, 2.24) is 34.6 Å². The highest BCUT2D eigenvalue weighted by Crippen LogP contribution is 2.23. The number of hydrogen-bond acceptors (Lipinski definition) is 6. The van der Waals surface area contributed by atoms with Gasteiger partial charge in [-0.15, -0.1) is 5.10 Å². The predicted octanol–water partition coefficient (Wildman–Crippen LogP) is 3.15. The predicted molar refractivity (Wildman–Crippen MR) is 111 cm³/mol. The molecular formula is C22H16FN7O. The average Bonchev–Trinajstić information content (AvgIpc) is 3.38. The molecule has 9 heteroatoms. The van der Waals surface area contributed by atoms with E-state index in [0.29, 0.717) is 28.4 Å². The minimum Gasteiger partial charge on any atom is -0.292 e. The molecule has 0 saturated heterocycles. The number of pyridine rings is 1. The van der Waals surface area contributed by atoms with Gasteiger partial charge in [0.2, 0.25) is 0 Å². The van der Waals surface area contributed by atoms with Crippen molar-refractivity contribution in [3.05, 3.63) is 84.2 Å². The molecule has 4 heterocycles. The van der Waals surface area contributed by atoms with Gasteiger partial charge in [-0.3, -0.25) is 9.48 Å². The summed E-state index contributed by atoms with van der Waals surface area (Å²) in [6.45, 7) is 0. The molecule has 0 aliphatic heterocycles. The molecule has 0 aliphatic rings. The van der Waals surface area contributed by atoms with Gasteiger partial charge in [0, 0.05) is 30.8 Å². The molecule has 0 fully saturated rings. The number of aryl methyl sites for hydroxylation is 1. The van der Waals surface area contributed by atoms with Crippen LogP contribution in [0.5, 0.6) is 0 Å². The molecule has 0 unspecified atom stereocenters. The lowest BCUT2D eigenvalue weighted by atomic mass is 10.0. The molecule has 0 aliphatic carbocycles. The first-order chi connectivity index (χ1) is 15.1. The maximum atomic E-state index is 14.8. The van der Waals surface area contributed by atoms with Crippen molar-refractivity contribution >= 4 is 11.4 Å². The highest BCUT2D eigenvalue weighted by atomic mass is 19.1. The first-order valence-electron chi connectivity index (χ1n) is 9.53. The van der Waals surface area contributed by atoms with Crippen LogP contribution in [0.3, 0.4) is 0 Å². The zero-order valence-corrected chi connectivity index (χ0v) is 16.5. The molecule has 152 valence electrons. The SMILES string of the molecule is Cn1ncc(-c2cccnn2)c1C(=O)Cc1cc2nc(-c3ccccc3)nn2cc1F. The third kappa shape index (κ3) is 3.46. The summed E-state index contributed by atoms with van der Waals surface area (Å²) < 4.78 is 17.6. The van der Waals surface area contributed by atoms with Crippen LogP contribution in [0, 0.1) is 5.82 Å². The highest BCUT2D eigenvalue weighted by Gasteiger charge is 2.21. The monoisotopic (exact) mass is 413 g/mol. The zero-order valence-electron chi connectivity index (χ0n) is 16.5. The molecule has 8 nitrogen and oxygen atoms in total. The molecule has 4 aromatic heterocycles. The summed E-state index contributed by atoms with van der Waals surface area (Å²) in [6, 6.07) is 14.4. The molecule has 0 amide bonds. The van der Waals surface area contributed by atoms with Crippen molar-refractivity contribution in [3.8, 4) is 22.6 Å². The van der Waals surface area contributed by atoms with Gasteiger partial charge in [-0.05, 0) is 18.2 Å². The average molecular weight is 413 g/mol. The van der Waals surface area contributed by atoms with Crippen LogP contribution in [0.25, 0.3) is 28.3 Å². The normalized spacial score (nSPS) is 11.2. The molecule has 0 bridgehead atoms. The number of aromatic nitrogens is 7. The summed E-state index contributed by atoms with van der Waals surface area (Å²) in [5.41, 5.74) is 2.94. The number of fused-ring (bicyclic) bond motifs is 1. The number of benzene rings is 1. The summed E-state index contributed by atoms with van der Waals surface area (Å²) >= 11 is 0. The summed E-state index contributed by atoms with van der Waals surface area (Å²) in [4.78, 5) is 17.6. The van der Waals surface area contributed by atoms with E-state index in [1.54, 1.807) is 37.6 Å². The number of Topliss-reactive ketones (excluding diaryl/α,β-unsaturated/α-hetero) is 1. The van der Waals surface area contributed by atoms with Crippen molar-refractivity contribution in [2.75, 3.05) is 0 Å². The van der Waals surface area contributed by atoms with Crippen molar-refractivity contribution in [3.63, 3.8) is 0 Å². The minimum absolute atomic E-state index is 0.150. The standard InChI is InChI=1S/C22H16FN7O/c1-29-21(16(12-25-29)18-8-5-9-24-27-18)19(31)10-15-11-20-26-22(14-6-3-2-4-7-14)28-30(20)13-17(15)23/h2-9,11-13H,10H2,1H3. The number of rotatable bonds is 5. The topological polar surface area (TPSA) is 90.9 Å². The Hall–Kier alpha value is -4.27. The molecule has 0 atom stereocenters. The van der Waals surface area contributed by atoms with E-state index in [4.69, 9.17) is 0 Å². The molecule has 0 saturated carbocycles. The Bertz CT molecular complexity index is 1390. The van der Waals surface area contributed by atoms with Gasteiger partial charge >= 0.3 is 0 Å². The van der Waals surface area contributed by atoms with Gasteiger partial charge in [-0.1, -0.05) is 30.3 Å². The van der Waals surface area contributed by atoms with E-state index in [0.717, 1.165) is 5.56 Å². The van der Waals surface area contributed by atoms with Gasteiger partial charge in [0.15, 0.2) is 17.3 Å². The van der Waals surface area contributed by atoms with E-state index in [2.05, 4.69) is 25.4 Å². The third-order valence-electron chi connectivity index (χ3n) is 4.94. The zero-order chi connectivity index (χ0) is 21.4. The van der Waals surface area contributed by atoms with Crippen molar-refractivity contribution in [2.45, 2.75) is 6.42 Å². The third-order valence-corrected chi connectivity index (χ3v) is 4.94. The van der Waals surface area contributed by atoms with Gasteiger partial charge < -0.3 is 0 Å². The van der Waals surface area contributed by atoms with Crippen molar-refractivity contribution in [1.29, 1.82) is 0 Å². The van der Waals surface area contributed by atoms with Gasteiger partial charge in [0.05, 0.1) is 23.7 Å². The Morgan fingerprint density at radius 2 is 1.97 bits per heavy atom. The van der Waals surface area contributed by atoms with Crippen LogP contribution in [0.15, 0.2) is 67.1 Å². The van der Waals surface area contributed by atoms with Gasteiger partial charge in [0.1, 0.15) is 11.5 Å². The summed E-state index contributed by atoms with van der Waals surface area (Å²) in [5, 5.41) is 16.4. The van der Waals surface area contributed by atoms with Crippen LogP contribution in [-0.2, 0) is 13.5 Å². The minimum atomic E-state index is -0.534. The molecule has 31 heavy (non-hydrogen) atoms. The lowest BCUT2D eigenvalue weighted by Gasteiger charge is -2.06. The number of carbonyl (C=O) groups is 1. The number of hydrogen-bond donors (Lipinski definition) is 0. The fourth-order valence-corrected chi connectivity index (χ4v) is 3.45. The quantitative estimate of drug-likeness (QED) is 0.411. The number of carbonyl (C=O) groups excluding carboxylic acids is 1. The highest BCUT2D eigenvalue weighted by molar-refractivity contribution is 6.01. The van der Waals surface area contributed by atoms with E-state index in [1.165, 1.54) is 15.4 Å². The van der Waals surface area contributed by atoms with E-state index in [9.17, 15) is 9.18 Å². The van der Waals surface area contributed by atoms with E-state index in [-0.39, 0.29) is 17.8 Å². The van der Waals surface area contributed by atoms with Crippen molar-refractivity contribution < 1.29 is 9.18 Å². The second-order valence-electron chi connectivity index (χ2n) is 6.99. The molecule has 5 aromatic rings. The summed E-state index contributed by atoms with van der Waals surface area (Å²) in [6.07, 6.45) is 4.20. The van der Waals surface area contributed by atoms with E-state index >= 15 is 0 Å². The molecule has 0 radical (unpaired) electrons. The molecular weight excluding hydrogens is 397 g/mol. The molecule has 0 N–H and O–H groups in total. The van der Waals surface area contributed by atoms with Crippen LogP contribution in [-0.4, -0.2) is 40.4 Å². The second kappa shape index (κ2) is 7.52. The number of nitrogens with zero attached hydrogens (tertiary/aromatic N) is 7. The first-order valence-corrected chi connectivity index (χ1v) is 9.53. The Morgan fingerprint density at radius 3 is 2.74 bits per heavy atom. The number of halogens is 1. The summed E-state index contributed by atoms with van der Waals surface area (Å²) in [7, 11) is 1.66. The Labute approximate surface area is 176 Å². The Morgan fingerprint density at radius 1 is 1.13 bits per heavy atom. The van der Waals surface area contributed by atoms with E-state index in [1.807, 2.05) is 30.3 Å².